The van der Waals surface area contributed by atoms with Crippen molar-refractivity contribution in [2.75, 3.05) is 6.54 Å². The SMILES string of the molecule is CC(CC(=O)NC[C@H](NC(=O)c1c(F)cccc1Cl)C(=O)O)c1ccccc1. The molecular weight excluding hydrogens is 387 g/mol. The normalized spacial score (nSPS) is 12.7. The Morgan fingerprint density at radius 2 is 1.79 bits per heavy atom. The van der Waals surface area contributed by atoms with Crippen molar-refractivity contribution < 1.29 is 23.9 Å². The zero-order valence-electron chi connectivity index (χ0n) is 15.1. The molecule has 0 saturated carbocycles. The molecule has 0 fully saturated rings. The number of nitrogens with one attached hydrogen (secondary N) is 2. The third kappa shape index (κ3) is 5.79. The molecule has 3 N–H and O–H groups in total. The Balaban J connectivity index is 1.95. The van der Waals surface area contributed by atoms with Crippen molar-refractivity contribution in [3.8, 4) is 0 Å². The first-order chi connectivity index (χ1) is 13.3. The molecule has 0 aromatic heterocycles. The minimum Gasteiger partial charge on any atom is -0.480 e. The number of aliphatic carboxylic acids is 1. The van der Waals surface area contributed by atoms with E-state index in [4.69, 9.17) is 11.6 Å². The van der Waals surface area contributed by atoms with Crippen LogP contribution in [0, 0.1) is 5.82 Å². The monoisotopic (exact) mass is 406 g/mol. The maximum Gasteiger partial charge on any atom is 0.328 e. The first kappa shape index (κ1) is 21.4. The average Bonchev–Trinajstić information content (AvgIpc) is 2.65. The van der Waals surface area contributed by atoms with E-state index in [0.717, 1.165) is 11.6 Å². The molecule has 148 valence electrons. The molecule has 2 aromatic rings. The lowest BCUT2D eigenvalue weighted by Crippen LogP contribution is -2.48. The summed E-state index contributed by atoms with van der Waals surface area (Å²) in [4.78, 5) is 35.7. The van der Waals surface area contributed by atoms with Gasteiger partial charge in [0.05, 0.1) is 10.6 Å². The van der Waals surface area contributed by atoms with Gasteiger partial charge >= 0.3 is 5.97 Å². The summed E-state index contributed by atoms with van der Waals surface area (Å²) in [6.45, 7) is 1.54. The fraction of sp³-hybridized carbons (Fsp3) is 0.250. The molecule has 0 aliphatic rings. The third-order valence-electron chi connectivity index (χ3n) is 4.16. The zero-order chi connectivity index (χ0) is 20.7. The van der Waals surface area contributed by atoms with E-state index < -0.39 is 29.3 Å². The fourth-order valence-corrected chi connectivity index (χ4v) is 2.86. The Hall–Kier alpha value is -2.93. The van der Waals surface area contributed by atoms with Gasteiger partial charge in [0, 0.05) is 13.0 Å². The number of hydrogen-bond acceptors (Lipinski definition) is 3. The number of carboxylic acids is 1. The van der Waals surface area contributed by atoms with Crippen molar-refractivity contribution in [3.05, 3.63) is 70.5 Å². The summed E-state index contributed by atoms with van der Waals surface area (Å²) in [5.74, 6) is -3.62. The molecule has 2 aromatic carbocycles. The van der Waals surface area contributed by atoms with Gasteiger partial charge in [0.15, 0.2) is 0 Å². The van der Waals surface area contributed by atoms with Crippen molar-refractivity contribution in [2.24, 2.45) is 0 Å². The molecular formula is C20H20ClFN2O4. The fourth-order valence-electron chi connectivity index (χ4n) is 2.61. The molecule has 2 atom stereocenters. The number of benzene rings is 2. The van der Waals surface area contributed by atoms with Crippen LogP contribution in [0.1, 0.15) is 35.2 Å². The lowest BCUT2D eigenvalue weighted by molar-refractivity contribution is -0.139. The Morgan fingerprint density at radius 1 is 1.11 bits per heavy atom. The van der Waals surface area contributed by atoms with Crippen LogP contribution in [0.3, 0.4) is 0 Å². The van der Waals surface area contributed by atoms with Crippen LogP contribution >= 0.6 is 11.6 Å². The van der Waals surface area contributed by atoms with E-state index in [1.165, 1.54) is 12.1 Å². The topological polar surface area (TPSA) is 95.5 Å². The van der Waals surface area contributed by atoms with E-state index in [9.17, 15) is 23.9 Å². The second-order valence-electron chi connectivity index (χ2n) is 6.28. The summed E-state index contributed by atoms with van der Waals surface area (Å²) in [7, 11) is 0. The smallest absolute Gasteiger partial charge is 0.328 e. The van der Waals surface area contributed by atoms with Crippen molar-refractivity contribution in [1.29, 1.82) is 0 Å². The lowest BCUT2D eigenvalue weighted by Gasteiger charge is -2.17. The summed E-state index contributed by atoms with van der Waals surface area (Å²) >= 11 is 5.81. The van der Waals surface area contributed by atoms with Gasteiger partial charge in [0.1, 0.15) is 11.9 Å². The maximum absolute atomic E-state index is 13.8. The van der Waals surface area contributed by atoms with Gasteiger partial charge in [-0.3, -0.25) is 9.59 Å². The molecule has 0 spiro atoms. The summed E-state index contributed by atoms with van der Waals surface area (Å²) in [6, 6.07) is 11.7. The molecule has 0 saturated heterocycles. The first-order valence-electron chi connectivity index (χ1n) is 8.59. The van der Waals surface area contributed by atoms with Gasteiger partial charge in [0.2, 0.25) is 5.91 Å². The van der Waals surface area contributed by atoms with Gasteiger partial charge < -0.3 is 15.7 Å². The predicted molar refractivity (Wildman–Crippen MR) is 103 cm³/mol. The minimum absolute atomic E-state index is 0.0590. The van der Waals surface area contributed by atoms with Gasteiger partial charge in [-0.05, 0) is 23.6 Å². The molecule has 8 heteroatoms. The maximum atomic E-state index is 13.8. The van der Waals surface area contributed by atoms with E-state index in [1.54, 1.807) is 0 Å². The molecule has 2 rings (SSSR count). The molecule has 0 bridgehead atoms. The van der Waals surface area contributed by atoms with E-state index in [0.29, 0.717) is 0 Å². The standard InChI is InChI=1S/C20H20ClFN2O4/c1-12(13-6-3-2-4-7-13)10-17(25)23-11-16(20(27)28)24-19(26)18-14(21)8-5-9-15(18)22/h2-9,12,16H,10-11H2,1H3,(H,23,25)(H,24,26)(H,27,28)/t12?,16-/m0/s1. The summed E-state index contributed by atoms with van der Waals surface area (Å²) in [5.41, 5.74) is 0.536. The van der Waals surface area contributed by atoms with Crippen LogP contribution in [0.5, 0.6) is 0 Å². The number of halogens is 2. The Bertz CT molecular complexity index is 840. The van der Waals surface area contributed by atoms with Crippen LogP contribution in [-0.4, -0.2) is 35.5 Å². The minimum atomic E-state index is -1.43. The summed E-state index contributed by atoms with van der Waals surface area (Å²) in [5, 5.41) is 13.8. The molecule has 0 radical (unpaired) electrons. The number of carboxylic acid groups (broad SMARTS) is 1. The number of rotatable bonds is 8. The van der Waals surface area contributed by atoms with Crippen molar-refractivity contribution in [2.45, 2.75) is 25.3 Å². The van der Waals surface area contributed by atoms with Crippen LogP contribution in [0.4, 0.5) is 4.39 Å². The number of carbonyl (C=O) groups excluding carboxylic acids is 2. The van der Waals surface area contributed by atoms with Crippen LogP contribution < -0.4 is 10.6 Å². The van der Waals surface area contributed by atoms with Crippen molar-refractivity contribution >= 4 is 29.4 Å². The largest absolute Gasteiger partial charge is 0.480 e. The molecule has 0 aliphatic heterocycles. The molecule has 0 heterocycles. The zero-order valence-corrected chi connectivity index (χ0v) is 15.9. The van der Waals surface area contributed by atoms with E-state index in [-0.39, 0.29) is 29.8 Å². The van der Waals surface area contributed by atoms with Gasteiger partial charge in [-0.15, -0.1) is 0 Å². The van der Waals surface area contributed by atoms with Gasteiger partial charge in [-0.1, -0.05) is 54.9 Å². The van der Waals surface area contributed by atoms with Gasteiger partial charge in [-0.2, -0.15) is 0 Å². The van der Waals surface area contributed by atoms with E-state index >= 15 is 0 Å². The Morgan fingerprint density at radius 3 is 2.39 bits per heavy atom. The van der Waals surface area contributed by atoms with Crippen LogP contribution in [0.25, 0.3) is 0 Å². The highest BCUT2D eigenvalue weighted by Crippen LogP contribution is 2.19. The van der Waals surface area contributed by atoms with Crippen LogP contribution in [0.2, 0.25) is 5.02 Å². The summed E-state index contributed by atoms with van der Waals surface area (Å²) < 4.78 is 13.8. The highest BCUT2D eigenvalue weighted by molar-refractivity contribution is 6.33. The highest BCUT2D eigenvalue weighted by Gasteiger charge is 2.24. The van der Waals surface area contributed by atoms with Crippen molar-refractivity contribution in [1.82, 2.24) is 10.6 Å². The molecule has 0 aliphatic carbocycles. The third-order valence-corrected chi connectivity index (χ3v) is 4.47. The molecule has 2 amide bonds. The Kier molecular flexibility index (Phi) is 7.52. The number of amides is 2. The average molecular weight is 407 g/mol. The number of carbonyl (C=O) groups is 3. The van der Waals surface area contributed by atoms with Crippen molar-refractivity contribution in [3.63, 3.8) is 0 Å². The number of hydrogen-bond donors (Lipinski definition) is 3. The molecule has 28 heavy (non-hydrogen) atoms. The first-order valence-corrected chi connectivity index (χ1v) is 8.96. The predicted octanol–water partition coefficient (Wildman–Crippen LogP) is 2.97. The van der Waals surface area contributed by atoms with Gasteiger partial charge in [0.25, 0.3) is 5.91 Å². The summed E-state index contributed by atoms with van der Waals surface area (Å²) in [6.07, 6.45) is 0.156. The quantitative estimate of drug-likeness (QED) is 0.628. The van der Waals surface area contributed by atoms with E-state index in [1.807, 2.05) is 37.3 Å². The second kappa shape index (κ2) is 9.85. The van der Waals surface area contributed by atoms with Crippen LogP contribution in [0.15, 0.2) is 48.5 Å². The Labute approximate surface area is 166 Å². The second-order valence-corrected chi connectivity index (χ2v) is 6.69. The van der Waals surface area contributed by atoms with Gasteiger partial charge in [-0.25, -0.2) is 9.18 Å². The molecule has 1 unspecified atom stereocenters. The highest BCUT2D eigenvalue weighted by atomic mass is 35.5. The van der Waals surface area contributed by atoms with Crippen LogP contribution in [-0.2, 0) is 9.59 Å². The van der Waals surface area contributed by atoms with E-state index in [2.05, 4.69) is 10.6 Å². The lowest BCUT2D eigenvalue weighted by atomic mass is 9.97. The molecule has 6 nitrogen and oxygen atoms in total.